The van der Waals surface area contributed by atoms with Gasteiger partial charge in [-0.2, -0.15) is 0 Å². The van der Waals surface area contributed by atoms with Gasteiger partial charge in [0, 0.05) is 37.2 Å². The van der Waals surface area contributed by atoms with Gasteiger partial charge in [0.15, 0.2) is 11.6 Å². The topological polar surface area (TPSA) is 66.6 Å². The smallest absolute Gasteiger partial charge is 0.233 e. The number of rotatable bonds is 2. The minimum atomic E-state index is -0.911. The Morgan fingerprint density at radius 1 is 1.14 bits per heavy atom. The van der Waals surface area contributed by atoms with Crippen molar-refractivity contribution in [1.29, 1.82) is 0 Å². The van der Waals surface area contributed by atoms with Gasteiger partial charge in [-0.05, 0) is 25.5 Å². The second kappa shape index (κ2) is 5.31. The summed E-state index contributed by atoms with van der Waals surface area (Å²) in [7, 11) is 0. The zero-order valence-corrected chi connectivity index (χ0v) is 12.2. The summed E-state index contributed by atoms with van der Waals surface area (Å²) in [6.07, 6.45) is 0.646. The molecule has 3 rings (SSSR count). The molecule has 22 heavy (non-hydrogen) atoms. The Morgan fingerprint density at radius 2 is 1.68 bits per heavy atom. The van der Waals surface area contributed by atoms with Crippen LogP contribution < -0.4 is 15.5 Å². The monoisotopic (exact) mass is 309 g/mol. The van der Waals surface area contributed by atoms with E-state index >= 15 is 0 Å². The molecule has 2 heterocycles. The molecule has 0 spiro atoms. The molecular weight excluding hydrogens is 292 g/mol. The van der Waals surface area contributed by atoms with Crippen LogP contribution in [0.2, 0.25) is 0 Å². The molecule has 2 aliphatic heterocycles. The zero-order chi connectivity index (χ0) is 16.0. The van der Waals surface area contributed by atoms with Crippen molar-refractivity contribution in [2.24, 2.45) is 5.73 Å². The summed E-state index contributed by atoms with van der Waals surface area (Å²) in [6.45, 7) is 2.39. The fraction of sp³-hybridized carbons (Fsp3) is 0.467. The molecular formula is C15H17F2N3O2. The summed E-state index contributed by atoms with van der Waals surface area (Å²) in [5.41, 5.74) is 5.57. The molecule has 118 valence electrons. The van der Waals surface area contributed by atoms with E-state index in [2.05, 4.69) is 0 Å². The molecule has 2 amide bonds. The normalized spacial score (nSPS) is 25.5. The number of anilines is 2. The number of hydrogen-bond acceptors (Lipinski definition) is 4. The molecule has 1 aromatic rings. The standard InChI is InChI=1S/C15H17F2N3O2/c1-8-12(18)7-19(8)9-5-10(16)15(11(17)6-9)20-13(21)3-2-4-14(20)22/h5-6,8,12H,2-4,7,18H2,1H3/t8-,12+/m1/s1. The average molecular weight is 309 g/mol. The fourth-order valence-corrected chi connectivity index (χ4v) is 2.91. The first-order valence-electron chi connectivity index (χ1n) is 7.27. The number of benzene rings is 1. The van der Waals surface area contributed by atoms with E-state index in [-0.39, 0.29) is 24.9 Å². The summed E-state index contributed by atoms with van der Waals surface area (Å²) >= 11 is 0. The lowest BCUT2D eigenvalue weighted by Gasteiger charge is -2.46. The SMILES string of the molecule is C[C@@H]1[C@@H](N)CN1c1cc(F)c(N2C(=O)CCCC2=O)c(F)c1. The Bertz CT molecular complexity index is 611. The molecule has 0 bridgehead atoms. The van der Waals surface area contributed by atoms with Crippen molar-refractivity contribution >= 4 is 23.2 Å². The maximum Gasteiger partial charge on any atom is 0.233 e. The largest absolute Gasteiger partial charge is 0.365 e. The van der Waals surface area contributed by atoms with Crippen molar-refractivity contribution in [3.05, 3.63) is 23.8 Å². The predicted octanol–water partition coefficient (Wildman–Crippen LogP) is 1.54. The predicted molar refractivity (Wildman–Crippen MR) is 77.5 cm³/mol. The Kier molecular flexibility index (Phi) is 3.60. The third kappa shape index (κ3) is 2.25. The molecule has 2 aliphatic rings. The Hall–Kier alpha value is -2.02. The zero-order valence-electron chi connectivity index (χ0n) is 12.2. The number of imide groups is 1. The number of nitrogens with two attached hydrogens (primary N) is 1. The highest BCUT2D eigenvalue weighted by Crippen LogP contribution is 2.34. The summed E-state index contributed by atoms with van der Waals surface area (Å²) in [6, 6.07) is 2.25. The first kappa shape index (κ1) is 14.9. The number of nitrogens with zero attached hydrogens (tertiary/aromatic N) is 2. The first-order chi connectivity index (χ1) is 10.4. The van der Waals surface area contributed by atoms with Gasteiger partial charge in [-0.25, -0.2) is 13.7 Å². The maximum atomic E-state index is 14.3. The minimum Gasteiger partial charge on any atom is -0.365 e. The van der Waals surface area contributed by atoms with Crippen LogP contribution in [-0.4, -0.2) is 30.4 Å². The Morgan fingerprint density at radius 3 is 2.14 bits per heavy atom. The third-order valence-corrected chi connectivity index (χ3v) is 4.36. The van der Waals surface area contributed by atoms with Crippen LogP contribution in [0.3, 0.4) is 0 Å². The van der Waals surface area contributed by atoms with Crippen LogP contribution in [0.25, 0.3) is 0 Å². The van der Waals surface area contributed by atoms with Gasteiger partial charge in [-0.15, -0.1) is 0 Å². The van der Waals surface area contributed by atoms with Gasteiger partial charge >= 0.3 is 0 Å². The van der Waals surface area contributed by atoms with E-state index in [9.17, 15) is 18.4 Å². The van der Waals surface area contributed by atoms with Crippen molar-refractivity contribution in [2.75, 3.05) is 16.3 Å². The molecule has 2 N–H and O–H groups in total. The molecule has 5 nitrogen and oxygen atoms in total. The van der Waals surface area contributed by atoms with Gasteiger partial charge in [-0.3, -0.25) is 9.59 Å². The molecule has 0 saturated carbocycles. The Balaban J connectivity index is 1.96. The summed E-state index contributed by atoms with van der Waals surface area (Å²) in [5, 5.41) is 0. The van der Waals surface area contributed by atoms with Crippen molar-refractivity contribution in [2.45, 2.75) is 38.3 Å². The molecule has 0 unspecified atom stereocenters. The molecule has 0 aromatic heterocycles. The van der Waals surface area contributed by atoms with Crippen LogP contribution in [0.5, 0.6) is 0 Å². The lowest BCUT2D eigenvalue weighted by molar-refractivity contribution is -0.129. The van der Waals surface area contributed by atoms with Crippen molar-refractivity contribution in [1.82, 2.24) is 0 Å². The highest BCUT2D eigenvalue weighted by Gasteiger charge is 2.36. The second-order valence-electron chi connectivity index (χ2n) is 5.79. The number of carbonyl (C=O) groups is 2. The highest BCUT2D eigenvalue weighted by atomic mass is 19.1. The minimum absolute atomic E-state index is 0.0112. The van der Waals surface area contributed by atoms with Crippen molar-refractivity contribution < 1.29 is 18.4 Å². The van der Waals surface area contributed by atoms with Gasteiger partial charge in [0.2, 0.25) is 11.8 Å². The van der Waals surface area contributed by atoms with Gasteiger partial charge < -0.3 is 10.6 Å². The van der Waals surface area contributed by atoms with E-state index in [4.69, 9.17) is 5.73 Å². The van der Waals surface area contributed by atoms with Crippen LogP contribution in [0, 0.1) is 11.6 Å². The number of amides is 2. The van der Waals surface area contributed by atoms with Crippen LogP contribution in [-0.2, 0) is 9.59 Å². The maximum absolute atomic E-state index is 14.3. The number of halogens is 2. The van der Waals surface area contributed by atoms with E-state index in [1.54, 1.807) is 4.90 Å². The van der Waals surface area contributed by atoms with E-state index < -0.39 is 29.1 Å². The number of piperidine rings is 1. The number of hydrogen-bond donors (Lipinski definition) is 1. The molecule has 0 radical (unpaired) electrons. The van der Waals surface area contributed by atoms with E-state index in [1.165, 1.54) is 0 Å². The summed E-state index contributed by atoms with van der Waals surface area (Å²) < 4.78 is 28.7. The first-order valence-corrected chi connectivity index (χ1v) is 7.27. The lowest BCUT2D eigenvalue weighted by atomic mass is 9.97. The van der Waals surface area contributed by atoms with E-state index in [0.717, 1.165) is 12.1 Å². The quantitative estimate of drug-likeness (QED) is 0.842. The van der Waals surface area contributed by atoms with Crippen molar-refractivity contribution in [3.63, 3.8) is 0 Å². The van der Waals surface area contributed by atoms with Gasteiger partial charge in [0.25, 0.3) is 0 Å². The average Bonchev–Trinajstić information content (AvgIpc) is 2.46. The molecule has 2 saturated heterocycles. The summed E-state index contributed by atoms with van der Waals surface area (Å²) in [5.74, 6) is -2.96. The fourth-order valence-electron chi connectivity index (χ4n) is 2.91. The lowest BCUT2D eigenvalue weighted by Crippen LogP contribution is -2.63. The highest BCUT2D eigenvalue weighted by molar-refractivity contribution is 6.16. The van der Waals surface area contributed by atoms with Crippen molar-refractivity contribution in [3.8, 4) is 0 Å². The van der Waals surface area contributed by atoms with Gasteiger partial charge in [-0.1, -0.05) is 0 Å². The second-order valence-corrected chi connectivity index (χ2v) is 5.79. The van der Waals surface area contributed by atoms with Crippen LogP contribution >= 0.6 is 0 Å². The molecule has 2 atom stereocenters. The molecule has 1 aromatic carbocycles. The molecule has 0 aliphatic carbocycles. The van der Waals surface area contributed by atoms with Gasteiger partial charge in [0.1, 0.15) is 5.69 Å². The van der Waals surface area contributed by atoms with E-state index in [0.29, 0.717) is 23.6 Å². The van der Waals surface area contributed by atoms with E-state index in [1.807, 2.05) is 6.92 Å². The van der Waals surface area contributed by atoms with Crippen LogP contribution in [0.1, 0.15) is 26.2 Å². The third-order valence-electron chi connectivity index (χ3n) is 4.36. The molecule has 2 fully saturated rings. The van der Waals surface area contributed by atoms with Gasteiger partial charge in [0.05, 0.1) is 0 Å². The number of carbonyl (C=O) groups excluding carboxylic acids is 2. The summed E-state index contributed by atoms with van der Waals surface area (Å²) in [4.78, 5) is 26.1. The van der Waals surface area contributed by atoms with Crippen LogP contribution in [0.15, 0.2) is 12.1 Å². The Labute approximate surface area is 126 Å². The van der Waals surface area contributed by atoms with Crippen LogP contribution in [0.4, 0.5) is 20.2 Å². The molecule has 7 heteroatoms.